The Bertz CT molecular complexity index is 1110. The SMILES string of the molecule is CCCOC(=O)c1c(NC(=O)Cn2nc(C(F)(F)F)c([N+](=O)[O-])c2C)sc(C(=O)OC)c1C. The van der Waals surface area contributed by atoms with Crippen LogP contribution in [-0.4, -0.2) is 46.3 Å². The molecule has 1 amide bonds. The molecule has 2 rings (SSSR count). The standard InChI is InChI=1S/C18H19F3N4O7S/c1-5-6-32-16(27)11-8(2)13(17(28)31-4)33-15(11)22-10(26)7-24-9(3)12(25(29)30)14(23-24)18(19,20)21/h5-7H2,1-4H3,(H,22,26). The van der Waals surface area contributed by atoms with Gasteiger partial charge in [0.2, 0.25) is 11.6 Å². The number of aromatic nitrogens is 2. The third-order valence-corrected chi connectivity index (χ3v) is 5.52. The Balaban J connectivity index is 2.40. The van der Waals surface area contributed by atoms with Gasteiger partial charge in [-0.1, -0.05) is 6.92 Å². The van der Waals surface area contributed by atoms with Gasteiger partial charge in [-0.2, -0.15) is 18.3 Å². The highest BCUT2D eigenvalue weighted by molar-refractivity contribution is 7.18. The van der Waals surface area contributed by atoms with Crippen molar-refractivity contribution in [2.45, 2.75) is 39.9 Å². The molecule has 2 heterocycles. The summed E-state index contributed by atoms with van der Waals surface area (Å²) in [5.41, 5.74) is -3.40. The predicted octanol–water partition coefficient (Wildman–Crippen LogP) is 3.48. The Morgan fingerprint density at radius 1 is 1.24 bits per heavy atom. The molecule has 180 valence electrons. The van der Waals surface area contributed by atoms with Crippen LogP contribution in [0.2, 0.25) is 0 Å². The number of halogens is 3. The highest BCUT2D eigenvalue weighted by Gasteiger charge is 2.44. The summed E-state index contributed by atoms with van der Waals surface area (Å²) in [4.78, 5) is 46.9. The van der Waals surface area contributed by atoms with Gasteiger partial charge in [0.1, 0.15) is 22.1 Å². The van der Waals surface area contributed by atoms with Crippen molar-refractivity contribution >= 4 is 39.9 Å². The fraction of sp³-hybridized carbons (Fsp3) is 0.444. The topological polar surface area (TPSA) is 143 Å². The molecule has 2 aromatic heterocycles. The van der Waals surface area contributed by atoms with E-state index in [-0.39, 0.29) is 27.6 Å². The van der Waals surface area contributed by atoms with E-state index in [0.717, 1.165) is 14.0 Å². The molecule has 0 atom stereocenters. The van der Waals surface area contributed by atoms with E-state index in [9.17, 15) is 37.7 Å². The Labute approximate surface area is 188 Å². The lowest BCUT2D eigenvalue weighted by Crippen LogP contribution is -2.21. The first-order valence-electron chi connectivity index (χ1n) is 9.31. The van der Waals surface area contributed by atoms with Crippen LogP contribution in [-0.2, 0) is 27.0 Å². The van der Waals surface area contributed by atoms with Gasteiger partial charge < -0.3 is 14.8 Å². The van der Waals surface area contributed by atoms with Crippen molar-refractivity contribution in [2.24, 2.45) is 0 Å². The average molecular weight is 492 g/mol. The third kappa shape index (κ3) is 5.47. The van der Waals surface area contributed by atoms with Gasteiger partial charge in [0.15, 0.2) is 0 Å². The number of nitrogens with one attached hydrogen (secondary N) is 1. The second-order valence-corrected chi connectivity index (χ2v) is 7.65. The van der Waals surface area contributed by atoms with Gasteiger partial charge in [0.05, 0.1) is 24.2 Å². The average Bonchev–Trinajstić information content (AvgIpc) is 3.22. The molecule has 0 fully saturated rings. The largest absolute Gasteiger partial charge is 0.465 e. The van der Waals surface area contributed by atoms with Crippen molar-refractivity contribution in [3.63, 3.8) is 0 Å². The molecule has 0 unspecified atom stereocenters. The fourth-order valence-electron chi connectivity index (χ4n) is 2.80. The minimum atomic E-state index is -5.11. The molecule has 2 aromatic rings. The van der Waals surface area contributed by atoms with E-state index in [1.165, 1.54) is 6.92 Å². The molecule has 0 saturated carbocycles. The van der Waals surface area contributed by atoms with Gasteiger partial charge in [-0.15, -0.1) is 11.3 Å². The van der Waals surface area contributed by atoms with Crippen LogP contribution in [0.1, 0.15) is 50.3 Å². The van der Waals surface area contributed by atoms with E-state index in [1.54, 1.807) is 6.92 Å². The zero-order valence-electron chi connectivity index (χ0n) is 17.9. The van der Waals surface area contributed by atoms with Crippen LogP contribution < -0.4 is 5.32 Å². The molecule has 0 aliphatic rings. The minimum absolute atomic E-state index is 0.0153. The maximum Gasteiger partial charge on any atom is 0.442 e. The number of hydrogen-bond donors (Lipinski definition) is 1. The van der Waals surface area contributed by atoms with Gasteiger partial charge in [-0.05, 0) is 25.8 Å². The molecule has 0 saturated heterocycles. The van der Waals surface area contributed by atoms with Gasteiger partial charge in [-0.3, -0.25) is 19.6 Å². The number of carbonyl (C=O) groups is 3. The zero-order valence-corrected chi connectivity index (χ0v) is 18.7. The van der Waals surface area contributed by atoms with Gasteiger partial charge >= 0.3 is 23.8 Å². The lowest BCUT2D eigenvalue weighted by atomic mass is 10.1. The maximum atomic E-state index is 13.1. The summed E-state index contributed by atoms with van der Waals surface area (Å²) in [7, 11) is 1.13. The highest BCUT2D eigenvalue weighted by Crippen LogP contribution is 2.37. The van der Waals surface area contributed by atoms with Crippen LogP contribution in [0.3, 0.4) is 0 Å². The maximum absolute atomic E-state index is 13.1. The van der Waals surface area contributed by atoms with Crippen LogP contribution in [0.5, 0.6) is 0 Å². The van der Waals surface area contributed by atoms with Crippen molar-refractivity contribution in [1.29, 1.82) is 0 Å². The van der Waals surface area contributed by atoms with E-state index < -0.39 is 52.6 Å². The molecule has 0 aromatic carbocycles. The first-order valence-corrected chi connectivity index (χ1v) is 10.1. The Kier molecular flexibility index (Phi) is 7.79. The minimum Gasteiger partial charge on any atom is -0.465 e. The third-order valence-electron chi connectivity index (χ3n) is 4.33. The number of carbonyl (C=O) groups excluding carboxylic acids is 3. The highest BCUT2D eigenvalue weighted by atomic mass is 32.1. The number of amides is 1. The number of nitrogens with zero attached hydrogens (tertiary/aromatic N) is 3. The number of nitro groups is 1. The van der Waals surface area contributed by atoms with Gasteiger partial charge in [-0.25, -0.2) is 9.59 Å². The van der Waals surface area contributed by atoms with Crippen molar-refractivity contribution in [3.8, 4) is 0 Å². The second kappa shape index (κ2) is 9.97. The fourth-order valence-corrected chi connectivity index (χ4v) is 3.93. The van der Waals surface area contributed by atoms with E-state index >= 15 is 0 Å². The van der Waals surface area contributed by atoms with Crippen molar-refractivity contribution < 1.29 is 42.0 Å². The monoisotopic (exact) mass is 492 g/mol. The lowest BCUT2D eigenvalue weighted by Gasteiger charge is -2.08. The number of rotatable bonds is 8. The molecule has 11 nitrogen and oxygen atoms in total. The molecule has 0 radical (unpaired) electrons. The molecule has 33 heavy (non-hydrogen) atoms. The van der Waals surface area contributed by atoms with Crippen LogP contribution in [0, 0.1) is 24.0 Å². The molecule has 15 heteroatoms. The summed E-state index contributed by atoms with van der Waals surface area (Å²) in [5.74, 6) is -2.52. The van der Waals surface area contributed by atoms with E-state index in [4.69, 9.17) is 4.74 Å². The van der Waals surface area contributed by atoms with E-state index in [1.807, 2.05) is 0 Å². The molecule has 0 bridgehead atoms. The number of ether oxygens (including phenoxy) is 2. The normalized spacial score (nSPS) is 11.2. The van der Waals surface area contributed by atoms with Crippen LogP contribution in [0.4, 0.5) is 23.9 Å². The first-order chi connectivity index (χ1) is 15.3. The molecule has 0 spiro atoms. The van der Waals surface area contributed by atoms with Crippen molar-refractivity contribution in [2.75, 3.05) is 19.0 Å². The Morgan fingerprint density at radius 2 is 1.88 bits per heavy atom. The van der Waals surface area contributed by atoms with Crippen LogP contribution in [0.25, 0.3) is 0 Å². The summed E-state index contributed by atoms with van der Waals surface area (Å²) in [5, 5.41) is 16.5. The summed E-state index contributed by atoms with van der Waals surface area (Å²) in [6.45, 7) is 3.47. The number of hydrogen-bond acceptors (Lipinski definition) is 9. The summed E-state index contributed by atoms with van der Waals surface area (Å²) in [6.07, 6.45) is -4.59. The Morgan fingerprint density at radius 3 is 2.36 bits per heavy atom. The smallest absolute Gasteiger partial charge is 0.442 e. The number of esters is 2. The molecule has 0 aliphatic heterocycles. The molecular weight excluding hydrogens is 473 g/mol. The van der Waals surface area contributed by atoms with Gasteiger partial charge in [0, 0.05) is 0 Å². The summed E-state index contributed by atoms with van der Waals surface area (Å²) < 4.78 is 49.6. The summed E-state index contributed by atoms with van der Waals surface area (Å²) in [6, 6.07) is 0. The molecule has 0 aliphatic carbocycles. The van der Waals surface area contributed by atoms with Crippen molar-refractivity contribution in [1.82, 2.24) is 9.78 Å². The second-order valence-electron chi connectivity index (χ2n) is 6.63. The first kappa shape index (κ1) is 25.8. The van der Waals surface area contributed by atoms with Crippen molar-refractivity contribution in [3.05, 3.63) is 37.5 Å². The number of anilines is 1. The van der Waals surface area contributed by atoms with E-state index in [2.05, 4.69) is 15.2 Å². The number of alkyl halides is 3. The van der Waals surface area contributed by atoms with Gasteiger partial charge in [0.25, 0.3) is 0 Å². The Hall–Kier alpha value is -3.49. The van der Waals surface area contributed by atoms with Crippen LogP contribution in [0.15, 0.2) is 0 Å². The van der Waals surface area contributed by atoms with Crippen LogP contribution >= 0.6 is 11.3 Å². The number of thiophene rings is 1. The quantitative estimate of drug-likeness (QED) is 0.335. The zero-order chi connectivity index (χ0) is 25.1. The van der Waals surface area contributed by atoms with E-state index in [0.29, 0.717) is 22.4 Å². The predicted molar refractivity (Wildman–Crippen MR) is 108 cm³/mol. The molecule has 1 N–H and O–H groups in total. The molecular formula is C18H19F3N4O7S. The summed E-state index contributed by atoms with van der Waals surface area (Å²) >= 11 is 0.716. The lowest BCUT2D eigenvalue weighted by molar-refractivity contribution is -0.388. The number of methoxy groups -OCH3 is 1.